The zero-order chi connectivity index (χ0) is 18.7. The number of hydrogen-bond acceptors (Lipinski definition) is 8. The van der Waals surface area contributed by atoms with Gasteiger partial charge in [-0.2, -0.15) is 0 Å². The average Bonchev–Trinajstić information content (AvgIpc) is 2.53. The summed E-state index contributed by atoms with van der Waals surface area (Å²) in [5, 5.41) is 21.3. The highest BCUT2D eigenvalue weighted by atomic mass is 16.5. The lowest BCUT2D eigenvalue weighted by atomic mass is 10.3. The molecular formula is C15H28N4O6. The summed E-state index contributed by atoms with van der Waals surface area (Å²) in [6.07, 6.45) is 0. The maximum atomic E-state index is 11.5. The normalized spacial score (nSPS) is 19.6. The van der Waals surface area contributed by atoms with Crippen LogP contribution in [0.4, 0.5) is 0 Å². The molecule has 1 aliphatic heterocycles. The first kappa shape index (κ1) is 21.3. The summed E-state index contributed by atoms with van der Waals surface area (Å²) in [4.78, 5) is 39.0. The number of nitrogens with zero attached hydrogens (tertiary/aromatic N) is 3. The molecule has 0 amide bonds. The lowest BCUT2D eigenvalue weighted by Gasteiger charge is -2.29. The maximum absolute atomic E-state index is 11.5. The Morgan fingerprint density at radius 2 is 1.20 bits per heavy atom. The van der Waals surface area contributed by atoms with Crippen molar-refractivity contribution in [3.63, 3.8) is 0 Å². The highest BCUT2D eigenvalue weighted by molar-refractivity contribution is 5.71. The molecule has 0 aromatic rings. The molecule has 10 nitrogen and oxygen atoms in total. The molecule has 0 aliphatic carbocycles. The maximum Gasteiger partial charge on any atom is 0.319 e. The van der Waals surface area contributed by atoms with Gasteiger partial charge in [-0.05, 0) is 0 Å². The molecule has 25 heavy (non-hydrogen) atoms. The summed E-state index contributed by atoms with van der Waals surface area (Å²) in [7, 11) is 1.34. The zero-order valence-corrected chi connectivity index (χ0v) is 14.6. The van der Waals surface area contributed by atoms with Crippen LogP contribution in [0.1, 0.15) is 0 Å². The highest BCUT2D eigenvalue weighted by Gasteiger charge is 2.18. The second-order valence-corrected chi connectivity index (χ2v) is 5.94. The molecule has 0 aromatic heterocycles. The third-order valence-corrected chi connectivity index (χ3v) is 3.97. The van der Waals surface area contributed by atoms with E-state index >= 15 is 0 Å². The first-order valence-electron chi connectivity index (χ1n) is 8.29. The van der Waals surface area contributed by atoms with Gasteiger partial charge < -0.3 is 20.3 Å². The van der Waals surface area contributed by atoms with E-state index in [4.69, 9.17) is 14.9 Å². The number of hydrogen-bond donors (Lipinski definition) is 3. The highest BCUT2D eigenvalue weighted by Crippen LogP contribution is 1.98. The number of carbonyl (C=O) groups is 3. The van der Waals surface area contributed by atoms with Gasteiger partial charge in [-0.25, -0.2) is 0 Å². The summed E-state index contributed by atoms with van der Waals surface area (Å²) in [6.45, 7) is 4.35. The molecule has 10 heteroatoms. The van der Waals surface area contributed by atoms with Crippen molar-refractivity contribution < 1.29 is 29.3 Å². The van der Waals surface area contributed by atoms with E-state index in [1.165, 1.54) is 7.11 Å². The van der Waals surface area contributed by atoms with Crippen molar-refractivity contribution in [3.05, 3.63) is 0 Å². The SMILES string of the molecule is COC(=O)CN1CCNCCN(CC(=O)O)CCN(CC(=O)O)CC1. The van der Waals surface area contributed by atoms with Crippen LogP contribution in [0.2, 0.25) is 0 Å². The molecule has 0 atom stereocenters. The molecule has 144 valence electrons. The van der Waals surface area contributed by atoms with Crippen molar-refractivity contribution in [2.75, 3.05) is 79.1 Å². The lowest BCUT2D eigenvalue weighted by molar-refractivity contribution is -0.142. The standard InChI is InChI=1S/C15H28N4O6/c1-25-15(24)12-18-5-3-16-2-4-17(10-13(20)21)6-8-19(9-7-18)11-14(22)23/h16H,2-12H2,1H3,(H,20,21)(H,22,23). The van der Waals surface area contributed by atoms with E-state index < -0.39 is 11.9 Å². The molecule has 3 N–H and O–H groups in total. The largest absolute Gasteiger partial charge is 0.480 e. The number of aliphatic carboxylic acids is 2. The van der Waals surface area contributed by atoms with E-state index in [0.29, 0.717) is 52.4 Å². The molecule has 1 fully saturated rings. The fraction of sp³-hybridized carbons (Fsp3) is 0.800. The van der Waals surface area contributed by atoms with Gasteiger partial charge in [0.25, 0.3) is 0 Å². The van der Waals surface area contributed by atoms with Crippen LogP contribution in [0.25, 0.3) is 0 Å². The van der Waals surface area contributed by atoms with Crippen LogP contribution >= 0.6 is 0 Å². The average molecular weight is 360 g/mol. The first-order valence-corrected chi connectivity index (χ1v) is 8.29. The third kappa shape index (κ3) is 9.97. The van der Waals surface area contributed by atoms with E-state index in [2.05, 4.69) is 5.32 Å². The number of carbonyl (C=O) groups excluding carboxylic acids is 1. The Morgan fingerprint density at radius 1 is 0.800 bits per heavy atom. The van der Waals surface area contributed by atoms with E-state index in [-0.39, 0.29) is 25.6 Å². The van der Waals surface area contributed by atoms with Crippen LogP contribution in [0, 0.1) is 0 Å². The van der Waals surface area contributed by atoms with Crippen LogP contribution < -0.4 is 5.32 Å². The molecule has 1 aliphatic rings. The molecule has 1 heterocycles. The van der Waals surface area contributed by atoms with Crippen LogP contribution in [-0.2, 0) is 19.1 Å². The lowest BCUT2D eigenvalue weighted by Crippen LogP contribution is -2.47. The van der Waals surface area contributed by atoms with Crippen molar-refractivity contribution in [1.29, 1.82) is 0 Å². The van der Waals surface area contributed by atoms with Crippen molar-refractivity contribution in [2.24, 2.45) is 0 Å². The summed E-state index contributed by atoms with van der Waals surface area (Å²) in [6, 6.07) is 0. The summed E-state index contributed by atoms with van der Waals surface area (Å²) >= 11 is 0. The smallest absolute Gasteiger partial charge is 0.319 e. The van der Waals surface area contributed by atoms with Gasteiger partial charge in [-0.1, -0.05) is 0 Å². The van der Waals surface area contributed by atoms with Gasteiger partial charge in [0.15, 0.2) is 0 Å². The number of carboxylic acids is 2. The van der Waals surface area contributed by atoms with Crippen molar-refractivity contribution in [1.82, 2.24) is 20.0 Å². The summed E-state index contributed by atoms with van der Waals surface area (Å²) < 4.78 is 4.70. The van der Waals surface area contributed by atoms with Gasteiger partial charge >= 0.3 is 17.9 Å². The minimum atomic E-state index is -0.932. The van der Waals surface area contributed by atoms with Gasteiger partial charge in [0.2, 0.25) is 0 Å². The van der Waals surface area contributed by atoms with E-state index in [1.54, 1.807) is 9.80 Å². The van der Waals surface area contributed by atoms with Crippen molar-refractivity contribution in [3.8, 4) is 0 Å². The predicted molar refractivity (Wildman–Crippen MR) is 89.5 cm³/mol. The van der Waals surface area contributed by atoms with Crippen LogP contribution in [-0.4, -0.2) is 122 Å². The monoisotopic (exact) mass is 360 g/mol. The molecule has 0 saturated carbocycles. The Bertz CT molecular complexity index is 448. The number of carboxylic acid groups (broad SMARTS) is 2. The van der Waals surface area contributed by atoms with Crippen molar-refractivity contribution >= 4 is 17.9 Å². The number of methoxy groups -OCH3 is 1. The Labute approximate surface area is 147 Å². The zero-order valence-electron chi connectivity index (χ0n) is 14.6. The molecule has 0 unspecified atom stereocenters. The van der Waals surface area contributed by atoms with Crippen LogP contribution in [0.3, 0.4) is 0 Å². The summed E-state index contributed by atoms with van der Waals surface area (Å²) in [5.74, 6) is -2.16. The van der Waals surface area contributed by atoms with Gasteiger partial charge in [-0.15, -0.1) is 0 Å². The van der Waals surface area contributed by atoms with E-state index in [0.717, 1.165) is 0 Å². The van der Waals surface area contributed by atoms with Gasteiger partial charge in [-0.3, -0.25) is 29.1 Å². The van der Waals surface area contributed by atoms with E-state index in [1.807, 2.05) is 4.90 Å². The Kier molecular flexibility index (Phi) is 10.0. The van der Waals surface area contributed by atoms with Gasteiger partial charge in [0.05, 0.1) is 26.7 Å². The van der Waals surface area contributed by atoms with Crippen LogP contribution in [0.15, 0.2) is 0 Å². The first-order chi connectivity index (χ1) is 11.9. The molecule has 0 radical (unpaired) electrons. The Hall–Kier alpha value is -1.75. The van der Waals surface area contributed by atoms with Gasteiger partial charge in [0, 0.05) is 52.4 Å². The fourth-order valence-electron chi connectivity index (χ4n) is 2.60. The Morgan fingerprint density at radius 3 is 1.60 bits per heavy atom. The minimum absolute atomic E-state index is 0.0724. The molecule has 1 rings (SSSR count). The molecule has 0 aromatic carbocycles. The second-order valence-electron chi connectivity index (χ2n) is 5.94. The van der Waals surface area contributed by atoms with Gasteiger partial charge in [0.1, 0.15) is 0 Å². The number of nitrogens with one attached hydrogen (secondary N) is 1. The number of rotatable bonds is 6. The minimum Gasteiger partial charge on any atom is -0.480 e. The fourth-order valence-corrected chi connectivity index (χ4v) is 2.60. The quantitative estimate of drug-likeness (QED) is 0.451. The van der Waals surface area contributed by atoms with Crippen molar-refractivity contribution in [2.45, 2.75) is 0 Å². The molecule has 1 saturated heterocycles. The molecule has 0 spiro atoms. The topological polar surface area (TPSA) is 123 Å². The number of ether oxygens (including phenoxy) is 1. The Balaban J connectivity index is 2.69. The second kappa shape index (κ2) is 11.7. The predicted octanol–water partition coefficient (Wildman–Crippen LogP) is -2.16. The molecule has 0 bridgehead atoms. The third-order valence-electron chi connectivity index (χ3n) is 3.97. The van der Waals surface area contributed by atoms with E-state index in [9.17, 15) is 14.4 Å². The summed E-state index contributed by atoms with van der Waals surface area (Å²) in [5.41, 5.74) is 0. The number of esters is 1. The molecular weight excluding hydrogens is 332 g/mol. The van der Waals surface area contributed by atoms with Crippen LogP contribution in [0.5, 0.6) is 0 Å².